The Bertz CT molecular complexity index is 292. The Morgan fingerprint density at radius 1 is 1.20 bits per heavy atom. The molecular formula is C11H20BNO2. The quantitative estimate of drug-likeness (QED) is 0.559. The van der Waals surface area contributed by atoms with Gasteiger partial charge in [0, 0.05) is 11.2 Å². The predicted molar refractivity (Wildman–Crippen MR) is 63.2 cm³/mol. The van der Waals surface area contributed by atoms with E-state index in [0.29, 0.717) is 5.70 Å². The molecule has 0 aromatic rings. The molecule has 0 aliphatic carbocycles. The van der Waals surface area contributed by atoms with Gasteiger partial charge in [0.2, 0.25) is 0 Å². The number of rotatable bonds is 2. The summed E-state index contributed by atoms with van der Waals surface area (Å²) in [6.45, 7) is 13.7. The van der Waals surface area contributed by atoms with E-state index in [9.17, 15) is 0 Å². The zero-order valence-electron chi connectivity index (χ0n) is 10.3. The molecule has 0 atom stereocenters. The summed E-state index contributed by atoms with van der Waals surface area (Å²) in [5, 5.41) is 0. The first-order valence-corrected chi connectivity index (χ1v) is 5.18. The second-order valence-electron chi connectivity index (χ2n) is 4.86. The van der Waals surface area contributed by atoms with Gasteiger partial charge in [-0.25, -0.2) is 0 Å². The molecule has 2 N–H and O–H groups in total. The zero-order chi connectivity index (χ0) is 11.9. The molecule has 84 valence electrons. The molecule has 0 radical (unpaired) electrons. The lowest BCUT2D eigenvalue weighted by atomic mass is 9.76. The van der Waals surface area contributed by atoms with Crippen molar-refractivity contribution in [1.82, 2.24) is 0 Å². The molecule has 0 spiro atoms. The summed E-state index contributed by atoms with van der Waals surface area (Å²) < 4.78 is 11.7. The molecule has 15 heavy (non-hydrogen) atoms. The van der Waals surface area contributed by atoms with Crippen LogP contribution in [0.25, 0.3) is 0 Å². The summed E-state index contributed by atoms with van der Waals surface area (Å²) in [6, 6.07) is 0. The summed E-state index contributed by atoms with van der Waals surface area (Å²) in [4.78, 5) is 0. The van der Waals surface area contributed by atoms with Crippen molar-refractivity contribution in [3.63, 3.8) is 0 Å². The van der Waals surface area contributed by atoms with E-state index in [1.165, 1.54) is 0 Å². The maximum atomic E-state index is 5.85. The van der Waals surface area contributed by atoms with Crippen LogP contribution in [0.4, 0.5) is 0 Å². The van der Waals surface area contributed by atoms with E-state index in [1.807, 2.05) is 40.7 Å². The molecule has 0 aromatic carbocycles. The lowest BCUT2D eigenvalue weighted by Gasteiger charge is -2.32. The Labute approximate surface area is 92.5 Å². The van der Waals surface area contributed by atoms with Crippen LogP contribution in [-0.2, 0) is 9.31 Å². The van der Waals surface area contributed by atoms with E-state index < -0.39 is 7.12 Å². The van der Waals surface area contributed by atoms with Crippen molar-refractivity contribution in [3.8, 4) is 0 Å². The molecular weight excluding hydrogens is 189 g/mol. The molecule has 0 aromatic heterocycles. The number of nitrogens with two attached hydrogens (primary N) is 1. The van der Waals surface area contributed by atoms with E-state index in [2.05, 4.69) is 6.58 Å². The molecule has 1 rings (SSSR count). The smallest absolute Gasteiger partial charge is 0.399 e. The van der Waals surface area contributed by atoms with Crippen LogP contribution in [0.1, 0.15) is 34.6 Å². The van der Waals surface area contributed by atoms with Gasteiger partial charge < -0.3 is 15.0 Å². The van der Waals surface area contributed by atoms with E-state index in [1.54, 1.807) is 0 Å². The summed E-state index contributed by atoms with van der Waals surface area (Å²) in [5.41, 5.74) is 6.33. The van der Waals surface area contributed by atoms with Gasteiger partial charge in [-0.15, -0.1) is 0 Å². The van der Waals surface area contributed by atoms with Gasteiger partial charge in [0.15, 0.2) is 0 Å². The zero-order valence-corrected chi connectivity index (χ0v) is 10.3. The Morgan fingerprint density at radius 2 is 1.60 bits per heavy atom. The number of hydrogen-bond donors (Lipinski definition) is 1. The fraction of sp³-hybridized carbons (Fsp3) is 0.636. The van der Waals surface area contributed by atoms with Crippen LogP contribution in [0, 0.1) is 0 Å². The summed E-state index contributed by atoms with van der Waals surface area (Å²) in [7, 11) is -0.405. The van der Waals surface area contributed by atoms with Crippen LogP contribution in [0.5, 0.6) is 0 Å². The molecule has 3 nitrogen and oxygen atoms in total. The van der Waals surface area contributed by atoms with Gasteiger partial charge in [-0.2, -0.15) is 0 Å². The minimum atomic E-state index is -0.405. The molecule has 1 aliphatic rings. The molecule has 0 amide bonds. The maximum Gasteiger partial charge on any atom is 0.496 e. The topological polar surface area (TPSA) is 44.5 Å². The largest absolute Gasteiger partial charge is 0.496 e. The van der Waals surface area contributed by atoms with Crippen LogP contribution in [0.2, 0.25) is 0 Å². The molecule has 0 unspecified atom stereocenters. The molecule has 1 heterocycles. The normalized spacial score (nSPS) is 24.3. The molecule has 0 bridgehead atoms. The lowest BCUT2D eigenvalue weighted by Crippen LogP contribution is -2.41. The molecule has 4 heteroatoms. The minimum Gasteiger partial charge on any atom is -0.399 e. The van der Waals surface area contributed by atoms with Crippen LogP contribution >= 0.6 is 0 Å². The van der Waals surface area contributed by atoms with Crippen LogP contribution < -0.4 is 5.73 Å². The number of allylic oxidation sites excluding steroid dienone is 2. The highest BCUT2D eigenvalue weighted by molar-refractivity contribution is 6.56. The first-order valence-electron chi connectivity index (χ1n) is 5.18. The Kier molecular flexibility index (Phi) is 3.03. The van der Waals surface area contributed by atoms with E-state index >= 15 is 0 Å². The van der Waals surface area contributed by atoms with Crippen molar-refractivity contribution >= 4 is 7.12 Å². The lowest BCUT2D eigenvalue weighted by molar-refractivity contribution is 0.00578. The van der Waals surface area contributed by atoms with Gasteiger partial charge in [-0.3, -0.25) is 0 Å². The molecule has 1 fully saturated rings. The first kappa shape index (κ1) is 12.3. The second kappa shape index (κ2) is 3.69. The summed E-state index contributed by atoms with van der Waals surface area (Å²) >= 11 is 0. The monoisotopic (exact) mass is 209 g/mol. The van der Waals surface area contributed by atoms with Crippen molar-refractivity contribution in [2.75, 3.05) is 0 Å². The third-order valence-electron chi connectivity index (χ3n) is 3.19. The van der Waals surface area contributed by atoms with Crippen molar-refractivity contribution in [2.45, 2.75) is 45.8 Å². The van der Waals surface area contributed by atoms with Gasteiger partial charge in [0.25, 0.3) is 0 Å². The number of hydrogen-bond acceptors (Lipinski definition) is 3. The maximum absolute atomic E-state index is 5.85. The highest BCUT2D eigenvalue weighted by Crippen LogP contribution is 2.38. The molecule has 1 aliphatic heterocycles. The molecule has 0 saturated carbocycles. The van der Waals surface area contributed by atoms with Gasteiger partial charge in [-0.05, 0) is 34.6 Å². The van der Waals surface area contributed by atoms with Crippen LogP contribution in [0.3, 0.4) is 0 Å². The van der Waals surface area contributed by atoms with Gasteiger partial charge >= 0.3 is 7.12 Å². The predicted octanol–water partition coefficient (Wildman–Crippen LogP) is 2.04. The van der Waals surface area contributed by atoms with Crippen molar-refractivity contribution in [3.05, 3.63) is 23.8 Å². The van der Waals surface area contributed by atoms with Gasteiger partial charge in [0.05, 0.1) is 11.2 Å². The fourth-order valence-electron chi connectivity index (χ4n) is 1.44. The Morgan fingerprint density at radius 3 is 1.87 bits per heavy atom. The van der Waals surface area contributed by atoms with Gasteiger partial charge in [-0.1, -0.05) is 12.7 Å². The second-order valence-corrected chi connectivity index (χ2v) is 4.86. The Balaban J connectivity index is 2.92. The van der Waals surface area contributed by atoms with Crippen molar-refractivity contribution in [1.29, 1.82) is 0 Å². The highest BCUT2D eigenvalue weighted by Gasteiger charge is 2.52. The average Bonchev–Trinajstić information content (AvgIpc) is 2.21. The first-order chi connectivity index (χ1) is 6.71. The van der Waals surface area contributed by atoms with Crippen LogP contribution in [0.15, 0.2) is 23.8 Å². The fourth-order valence-corrected chi connectivity index (χ4v) is 1.44. The summed E-state index contributed by atoms with van der Waals surface area (Å²) in [6.07, 6.45) is 1.88. The van der Waals surface area contributed by atoms with E-state index in [-0.39, 0.29) is 11.2 Å². The minimum absolute atomic E-state index is 0.332. The van der Waals surface area contributed by atoms with E-state index in [0.717, 1.165) is 5.47 Å². The summed E-state index contributed by atoms with van der Waals surface area (Å²) in [5.74, 6) is 0. The Hall–Kier alpha value is -0.735. The van der Waals surface area contributed by atoms with E-state index in [4.69, 9.17) is 15.0 Å². The third kappa shape index (κ3) is 2.11. The SMILES string of the molecule is C=C(N)/C(=C\C)B1OC(C)(C)C(C)(C)O1. The van der Waals surface area contributed by atoms with Crippen LogP contribution in [-0.4, -0.2) is 18.3 Å². The van der Waals surface area contributed by atoms with Crippen molar-refractivity contribution in [2.24, 2.45) is 5.73 Å². The van der Waals surface area contributed by atoms with Crippen molar-refractivity contribution < 1.29 is 9.31 Å². The molecule has 1 saturated heterocycles. The van der Waals surface area contributed by atoms with Gasteiger partial charge in [0.1, 0.15) is 0 Å². The highest BCUT2D eigenvalue weighted by atomic mass is 16.7. The average molecular weight is 209 g/mol. The third-order valence-corrected chi connectivity index (χ3v) is 3.19. The standard InChI is InChI=1S/C11H20BNO2/c1-7-9(8(2)13)12-14-10(3,4)11(5,6)15-12/h7H,2,13H2,1,3-6H3/b9-7+.